The number of nitro benzene ring substituents is 1. The zero-order chi connectivity index (χ0) is 15.0. The zero-order valence-electron chi connectivity index (χ0n) is 9.36. The van der Waals surface area contributed by atoms with E-state index in [1.807, 2.05) is 0 Å². The normalized spacial score (nSPS) is 12.5. The first-order valence-electron chi connectivity index (χ1n) is 4.81. The molecular weight excluding hydrogens is 311 g/mol. The SMILES string of the molecule is CCc1cc(S(=O)(=O)Cl)cc([N+](=O)[O-])c1C(F)(F)F. The molecule has 0 bridgehead atoms. The number of nitro groups is 1. The number of hydrogen-bond donors (Lipinski definition) is 0. The number of rotatable bonds is 3. The minimum absolute atomic E-state index is 0.226. The lowest BCUT2D eigenvalue weighted by atomic mass is 10.0. The molecule has 0 aliphatic heterocycles. The van der Waals surface area contributed by atoms with Crippen molar-refractivity contribution in [1.29, 1.82) is 0 Å². The summed E-state index contributed by atoms with van der Waals surface area (Å²) in [6.07, 6.45) is -5.18. The molecule has 0 amide bonds. The number of benzene rings is 1. The van der Waals surface area contributed by atoms with Gasteiger partial charge in [-0.2, -0.15) is 13.2 Å². The molecule has 1 rings (SSSR count). The molecule has 0 aromatic heterocycles. The van der Waals surface area contributed by atoms with Crippen molar-refractivity contribution in [2.24, 2.45) is 0 Å². The van der Waals surface area contributed by atoms with Crippen LogP contribution in [0, 0.1) is 10.1 Å². The van der Waals surface area contributed by atoms with E-state index in [-0.39, 0.29) is 6.42 Å². The van der Waals surface area contributed by atoms with Crippen LogP contribution in [0.1, 0.15) is 18.1 Å². The Morgan fingerprint density at radius 1 is 1.37 bits per heavy atom. The second kappa shape index (κ2) is 4.97. The number of halogens is 4. The third-order valence-corrected chi connectivity index (χ3v) is 3.65. The van der Waals surface area contributed by atoms with E-state index in [0.29, 0.717) is 12.1 Å². The minimum atomic E-state index is -4.96. The van der Waals surface area contributed by atoms with Crippen LogP contribution in [0.15, 0.2) is 17.0 Å². The molecule has 0 heterocycles. The predicted octanol–water partition coefficient (Wildman–Crippen LogP) is 3.10. The van der Waals surface area contributed by atoms with Crippen molar-refractivity contribution >= 4 is 25.4 Å². The molecule has 0 atom stereocenters. The topological polar surface area (TPSA) is 77.3 Å². The van der Waals surface area contributed by atoms with E-state index in [0.717, 1.165) is 0 Å². The quantitative estimate of drug-likeness (QED) is 0.487. The van der Waals surface area contributed by atoms with E-state index in [1.165, 1.54) is 6.92 Å². The summed E-state index contributed by atoms with van der Waals surface area (Å²) >= 11 is 0. The third kappa shape index (κ3) is 3.35. The lowest BCUT2D eigenvalue weighted by molar-refractivity contribution is -0.388. The van der Waals surface area contributed by atoms with Gasteiger partial charge in [-0.1, -0.05) is 6.92 Å². The van der Waals surface area contributed by atoms with Crippen LogP contribution in [-0.2, 0) is 21.6 Å². The Morgan fingerprint density at radius 3 is 2.21 bits per heavy atom. The molecule has 1 aromatic rings. The van der Waals surface area contributed by atoms with Gasteiger partial charge in [-0.15, -0.1) is 0 Å². The van der Waals surface area contributed by atoms with Crippen molar-refractivity contribution in [2.75, 3.05) is 0 Å². The van der Waals surface area contributed by atoms with Gasteiger partial charge < -0.3 is 0 Å². The Labute approximate surface area is 110 Å². The smallest absolute Gasteiger partial charge is 0.258 e. The van der Waals surface area contributed by atoms with Crippen LogP contribution in [0.25, 0.3) is 0 Å². The van der Waals surface area contributed by atoms with Crippen LogP contribution in [0.3, 0.4) is 0 Å². The van der Waals surface area contributed by atoms with Gasteiger partial charge in [0.05, 0.1) is 9.82 Å². The summed E-state index contributed by atoms with van der Waals surface area (Å²) < 4.78 is 60.6. The fourth-order valence-electron chi connectivity index (χ4n) is 1.55. The molecule has 0 spiro atoms. The first kappa shape index (κ1) is 15.7. The standard InChI is InChI=1S/C9H7ClF3NO4S/c1-2-5-3-6(19(10,17)18)4-7(14(15)16)8(5)9(11,12)13/h3-4H,2H2,1H3. The second-order valence-corrected chi connectivity index (χ2v) is 6.09. The average molecular weight is 318 g/mol. The van der Waals surface area contributed by atoms with Gasteiger partial charge in [-0.25, -0.2) is 8.42 Å². The van der Waals surface area contributed by atoms with E-state index in [2.05, 4.69) is 0 Å². The van der Waals surface area contributed by atoms with Crippen LogP contribution in [0.5, 0.6) is 0 Å². The maximum Gasteiger partial charge on any atom is 0.423 e. The number of alkyl halides is 3. The maximum absolute atomic E-state index is 12.8. The van der Waals surface area contributed by atoms with Crippen LogP contribution < -0.4 is 0 Å². The Bertz CT molecular complexity index is 627. The monoisotopic (exact) mass is 317 g/mol. The lowest BCUT2D eigenvalue weighted by Gasteiger charge is -2.13. The third-order valence-electron chi connectivity index (χ3n) is 2.32. The predicted molar refractivity (Wildman–Crippen MR) is 60.5 cm³/mol. The van der Waals surface area contributed by atoms with Crippen molar-refractivity contribution in [3.05, 3.63) is 33.4 Å². The highest BCUT2D eigenvalue weighted by atomic mass is 35.7. The Kier molecular flexibility index (Phi) is 4.11. The first-order valence-corrected chi connectivity index (χ1v) is 7.12. The summed E-state index contributed by atoms with van der Waals surface area (Å²) in [6.45, 7) is 1.32. The summed E-state index contributed by atoms with van der Waals surface area (Å²) in [5.74, 6) is 0. The molecule has 10 heteroatoms. The Morgan fingerprint density at radius 2 is 1.89 bits per heavy atom. The van der Waals surface area contributed by atoms with E-state index >= 15 is 0 Å². The second-order valence-electron chi connectivity index (χ2n) is 3.52. The Balaban J connectivity index is 3.79. The van der Waals surface area contributed by atoms with Gasteiger partial charge in [0.2, 0.25) is 0 Å². The summed E-state index contributed by atoms with van der Waals surface area (Å²) in [6, 6.07) is 1.00. The van der Waals surface area contributed by atoms with Gasteiger partial charge in [-0.3, -0.25) is 10.1 Å². The summed E-state index contributed by atoms with van der Waals surface area (Å²) in [7, 11) is 0.646. The van der Waals surface area contributed by atoms with Crippen LogP contribution in [0.2, 0.25) is 0 Å². The molecule has 106 valence electrons. The van der Waals surface area contributed by atoms with Crippen molar-refractivity contribution in [3.8, 4) is 0 Å². The molecular formula is C9H7ClF3NO4S. The molecule has 0 fully saturated rings. The summed E-state index contributed by atoms with van der Waals surface area (Å²) in [4.78, 5) is 8.67. The average Bonchev–Trinajstić information content (AvgIpc) is 2.24. The fraction of sp³-hybridized carbons (Fsp3) is 0.333. The molecule has 1 aromatic carbocycles. The number of hydrogen-bond acceptors (Lipinski definition) is 4. The fourth-order valence-corrected chi connectivity index (χ4v) is 2.35. The number of aryl methyl sites for hydroxylation is 1. The molecule has 0 unspecified atom stereocenters. The zero-order valence-corrected chi connectivity index (χ0v) is 10.9. The molecule has 0 saturated heterocycles. The van der Waals surface area contributed by atoms with Gasteiger partial charge in [-0.05, 0) is 18.1 Å². The number of nitrogens with zero attached hydrogens (tertiary/aromatic N) is 1. The molecule has 19 heavy (non-hydrogen) atoms. The molecule has 0 aliphatic rings. The first-order chi connectivity index (χ1) is 8.48. The van der Waals surface area contributed by atoms with E-state index in [1.54, 1.807) is 0 Å². The summed E-state index contributed by atoms with van der Waals surface area (Å²) in [5.41, 5.74) is -3.28. The van der Waals surface area contributed by atoms with Crippen molar-refractivity contribution < 1.29 is 26.5 Å². The highest BCUT2D eigenvalue weighted by Crippen LogP contribution is 2.40. The highest BCUT2D eigenvalue weighted by molar-refractivity contribution is 8.13. The molecule has 0 aliphatic carbocycles. The lowest BCUT2D eigenvalue weighted by Crippen LogP contribution is -2.13. The van der Waals surface area contributed by atoms with E-state index in [9.17, 15) is 31.7 Å². The van der Waals surface area contributed by atoms with Crippen molar-refractivity contribution in [3.63, 3.8) is 0 Å². The molecule has 0 N–H and O–H groups in total. The van der Waals surface area contributed by atoms with Crippen molar-refractivity contribution in [1.82, 2.24) is 0 Å². The maximum atomic E-state index is 12.8. The van der Waals surface area contributed by atoms with E-state index < -0.39 is 41.9 Å². The molecule has 5 nitrogen and oxygen atoms in total. The van der Waals surface area contributed by atoms with Gasteiger partial charge in [0, 0.05) is 16.7 Å². The van der Waals surface area contributed by atoms with Crippen LogP contribution in [0.4, 0.5) is 18.9 Å². The highest BCUT2D eigenvalue weighted by Gasteiger charge is 2.41. The van der Waals surface area contributed by atoms with Crippen LogP contribution in [-0.4, -0.2) is 13.3 Å². The largest absolute Gasteiger partial charge is 0.423 e. The van der Waals surface area contributed by atoms with Crippen LogP contribution >= 0.6 is 10.7 Å². The van der Waals surface area contributed by atoms with Gasteiger partial charge in [0.25, 0.3) is 14.7 Å². The van der Waals surface area contributed by atoms with Gasteiger partial charge >= 0.3 is 6.18 Å². The molecule has 0 saturated carbocycles. The van der Waals surface area contributed by atoms with Gasteiger partial charge in [0.1, 0.15) is 5.56 Å². The minimum Gasteiger partial charge on any atom is -0.258 e. The Hall–Kier alpha value is -1.35. The van der Waals surface area contributed by atoms with Crippen molar-refractivity contribution in [2.45, 2.75) is 24.4 Å². The molecule has 0 radical (unpaired) electrons. The summed E-state index contributed by atoms with van der Waals surface area (Å²) in [5, 5.41) is 10.7. The van der Waals surface area contributed by atoms with E-state index in [4.69, 9.17) is 10.7 Å². The van der Waals surface area contributed by atoms with Gasteiger partial charge in [0.15, 0.2) is 0 Å².